The van der Waals surface area contributed by atoms with Gasteiger partial charge >= 0.3 is 5.97 Å². The molecule has 0 unspecified atom stereocenters. The van der Waals surface area contributed by atoms with Crippen LogP contribution in [0.2, 0.25) is 0 Å². The average Bonchev–Trinajstić information content (AvgIpc) is 2.68. The Morgan fingerprint density at radius 2 is 1.81 bits per heavy atom. The van der Waals surface area contributed by atoms with Gasteiger partial charge in [-0.15, -0.1) is 0 Å². The Labute approximate surface area is 149 Å². The number of nitrogens with one attached hydrogen (secondary N) is 1. The van der Waals surface area contributed by atoms with Crippen molar-refractivity contribution < 1.29 is 14.1 Å². The van der Waals surface area contributed by atoms with Crippen molar-refractivity contribution in [2.24, 2.45) is 0 Å². The Bertz CT molecular complexity index is 1040. The molecule has 26 heavy (non-hydrogen) atoms. The van der Waals surface area contributed by atoms with E-state index in [-0.39, 0.29) is 23.2 Å². The largest absolute Gasteiger partial charge is 0.465 e. The Balaban J connectivity index is 2.32. The van der Waals surface area contributed by atoms with E-state index in [0.29, 0.717) is 11.3 Å². The number of aromatic nitrogens is 2. The van der Waals surface area contributed by atoms with Gasteiger partial charge < -0.3 is 9.72 Å². The number of carbonyl (C=O) groups is 1. The highest BCUT2D eigenvalue weighted by Crippen LogP contribution is 2.28. The van der Waals surface area contributed by atoms with Gasteiger partial charge in [-0.05, 0) is 5.56 Å². The van der Waals surface area contributed by atoms with E-state index in [2.05, 4.69) is 4.98 Å². The molecule has 3 aromatic rings. The maximum absolute atomic E-state index is 12.5. The lowest BCUT2D eigenvalue weighted by Crippen LogP contribution is -2.36. The molecule has 0 saturated heterocycles. The first-order valence-corrected chi connectivity index (χ1v) is 7.92. The van der Waals surface area contributed by atoms with Crippen LogP contribution in [0.1, 0.15) is 21.6 Å². The van der Waals surface area contributed by atoms with Crippen molar-refractivity contribution in [3.63, 3.8) is 0 Å². The highest BCUT2D eigenvalue weighted by atomic mass is 16.5. The predicted molar refractivity (Wildman–Crippen MR) is 94.3 cm³/mol. The molecule has 0 fully saturated rings. The zero-order valence-electron chi connectivity index (χ0n) is 14.1. The first kappa shape index (κ1) is 17.1. The number of aromatic amines is 1. The summed E-state index contributed by atoms with van der Waals surface area (Å²) in [6.07, 6.45) is 3.64. The highest BCUT2D eigenvalue weighted by Gasteiger charge is 2.26. The van der Waals surface area contributed by atoms with E-state index in [1.807, 2.05) is 47.3 Å². The molecule has 1 N–H and O–H groups in total. The smallest absolute Gasteiger partial charge is 0.340 e. The first-order chi connectivity index (χ1) is 12.7. The molecule has 0 bridgehead atoms. The van der Waals surface area contributed by atoms with Crippen LogP contribution >= 0.6 is 0 Å². The number of ether oxygens (including phenoxy) is 1. The molecule has 2 heterocycles. The number of methoxy groups -OCH3 is 1. The fraction of sp³-hybridized carbons (Fsp3) is 0.100. The third-order valence-electron chi connectivity index (χ3n) is 3.98. The summed E-state index contributed by atoms with van der Waals surface area (Å²) in [7, 11) is 1.27. The third-order valence-corrected chi connectivity index (χ3v) is 3.98. The minimum absolute atomic E-state index is 0.113. The quantitative estimate of drug-likeness (QED) is 0.578. The number of nitriles is 1. The highest BCUT2D eigenvalue weighted by molar-refractivity contribution is 5.99. The summed E-state index contributed by atoms with van der Waals surface area (Å²) in [4.78, 5) is 27.7. The predicted octanol–water partition coefficient (Wildman–Crippen LogP) is 2.04. The summed E-state index contributed by atoms with van der Waals surface area (Å²) in [6.45, 7) is 0.256. The Morgan fingerprint density at radius 3 is 2.42 bits per heavy atom. The fourth-order valence-electron chi connectivity index (χ4n) is 2.82. The van der Waals surface area contributed by atoms with E-state index < -0.39 is 11.5 Å². The molecule has 6 heteroatoms. The van der Waals surface area contributed by atoms with E-state index >= 15 is 0 Å². The maximum Gasteiger partial charge on any atom is 0.340 e. The van der Waals surface area contributed by atoms with Crippen LogP contribution in [0.15, 0.2) is 65.7 Å². The monoisotopic (exact) mass is 346 g/mol. The molecule has 3 rings (SSSR count). The average molecular weight is 346 g/mol. The van der Waals surface area contributed by atoms with Crippen LogP contribution in [0.3, 0.4) is 0 Å². The molecular formula is C20H16N3O3+. The molecule has 0 aliphatic rings. The number of nitrogens with zero attached hydrogens (tertiary/aromatic N) is 2. The van der Waals surface area contributed by atoms with Gasteiger partial charge in [0.1, 0.15) is 11.6 Å². The lowest BCUT2D eigenvalue weighted by atomic mass is 9.94. The number of hydrogen-bond donors (Lipinski definition) is 1. The van der Waals surface area contributed by atoms with Crippen LogP contribution in [-0.4, -0.2) is 18.1 Å². The molecular weight excluding hydrogens is 330 g/mol. The minimum atomic E-state index is -0.608. The van der Waals surface area contributed by atoms with E-state index in [1.165, 1.54) is 7.11 Å². The van der Waals surface area contributed by atoms with Crippen LogP contribution in [-0.2, 0) is 11.3 Å². The lowest BCUT2D eigenvalue weighted by molar-refractivity contribution is -0.688. The van der Waals surface area contributed by atoms with Crippen LogP contribution in [0.25, 0.3) is 11.1 Å². The normalized spacial score (nSPS) is 10.2. The second-order valence-corrected chi connectivity index (χ2v) is 5.57. The van der Waals surface area contributed by atoms with Gasteiger partial charge in [0.15, 0.2) is 18.9 Å². The number of hydrogen-bond acceptors (Lipinski definition) is 4. The van der Waals surface area contributed by atoms with Gasteiger partial charge in [0.05, 0.1) is 18.4 Å². The molecule has 1 aromatic carbocycles. The van der Waals surface area contributed by atoms with Crippen molar-refractivity contribution in [3.05, 3.63) is 88.1 Å². The van der Waals surface area contributed by atoms with Gasteiger partial charge in [-0.3, -0.25) is 4.79 Å². The van der Waals surface area contributed by atoms with Gasteiger partial charge in [-0.1, -0.05) is 36.4 Å². The molecule has 2 aromatic heterocycles. The number of carbonyl (C=O) groups excluding carboxylic acids is 1. The molecule has 0 aliphatic carbocycles. The van der Waals surface area contributed by atoms with E-state index in [9.17, 15) is 14.9 Å². The molecule has 0 amide bonds. The van der Waals surface area contributed by atoms with Gasteiger partial charge in [0.25, 0.3) is 5.56 Å². The molecule has 0 atom stereocenters. The van der Waals surface area contributed by atoms with Crippen LogP contribution in [0, 0.1) is 11.3 Å². The second kappa shape index (κ2) is 7.45. The van der Waals surface area contributed by atoms with Crippen LogP contribution < -0.4 is 10.1 Å². The molecule has 6 nitrogen and oxygen atoms in total. The number of rotatable bonds is 4. The number of esters is 1. The zero-order valence-corrected chi connectivity index (χ0v) is 14.1. The zero-order chi connectivity index (χ0) is 18.5. The SMILES string of the molecule is COC(=O)c1c(C[n+]2ccccc2)[nH]c(=O)c(C#N)c1-c1ccccc1. The molecule has 128 valence electrons. The van der Waals surface area contributed by atoms with Crippen molar-refractivity contribution in [1.82, 2.24) is 4.98 Å². The number of pyridine rings is 2. The summed E-state index contributed by atoms with van der Waals surface area (Å²) >= 11 is 0. The maximum atomic E-state index is 12.5. The van der Waals surface area contributed by atoms with Crippen LogP contribution in [0.5, 0.6) is 0 Å². The van der Waals surface area contributed by atoms with Crippen molar-refractivity contribution >= 4 is 5.97 Å². The standard InChI is InChI=1S/C20H15N3O3/c1-26-20(25)18-16(13-23-10-6-3-7-11-23)22-19(24)15(12-21)17(18)14-8-4-2-5-9-14/h2-11H,13H2,1H3/p+1. The minimum Gasteiger partial charge on any atom is -0.465 e. The van der Waals surface area contributed by atoms with Gasteiger partial charge in [-0.2, -0.15) is 9.83 Å². The van der Waals surface area contributed by atoms with E-state index in [0.717, 1.165) is 0 Å². The summed E-state index contributed by atoms with van der Waals surface area (Å²) < 4.78 is 6.75. The van der Waals surface area contributed by atoms with Gasteiger partial charge in [0.2, 0.25) is 0 Å². The van der Waals surface area contributed by atoms with Crippen LogP contribution in [0.4, 0.5) is 0 Å². The number of H-pyrrole nitrogens is 1. The van der Waals surface area contributed by atoms with E-state index in [1.54, 1.807) is 24.3 Å². The van der Waals surface area contributed by atoms with Crippen molar-refractivity contribution in [3.8, 4) is 17.2 Å². The van der Waals surface area contributed by atoms with Gasteiger partial charge in [-0.25, -0.2) is 4.79 Å². The number of benzene rings is 1. The third kappa shape index (κ3) is 3.23. The van der Waals surface area contributed by atoms with E-state index in [4.69, 9.17) is 4.74 Å². The second-order valence-electron chi connectivity index (χ2n) is 5.57. The molecule has 0 aliphatic heterocycles. The topological polar surface area (TPSA) is 86.8 Å². The Hall–Kier alpha value is -3.72. The van der Waals surface area contributed by atoms with Crippen molar-refractivity contribution in [2.45, 2.75) is 6.54 Å². The summed E-state index contributed by atoms with van der Waals surface area (Å²) in [5.74, 6) is -0.608. The summed E-state index contributed by atoms with van der Waals surface area (Å²) in [6, 6.07) is 16.4. The fourth-order valence-corrected chi connectivity index (χ4v) is 2.82. The molecule has 0 saturated carbocycles. The van der Waals surface area contributed by atoms with Crippen molar-refractivity contribution in [1.29, 1.82) is 5.26 Å². The Kier molecular flexibility index (Phi) is 4.90. The summed E-state index contributed by atoms with van der Waals surface area (Å²) in [5, 5.41) is 9.49. The summed E-state index contributed by atoms with van der Waals surface area (Å²) in [5.41, 5.74) is 0.816. The molecule has 0 spiro atoms. The van der Waals surface area contributed by atoms with Gasteiger partial charge in [0, 0.05) is 17.7 Å². The molecule has 0 radical (unpaired) electrons. The first-order valence-electron chi connectivity index (χ1n) is 7.92. The lowest BCUT2D eigenvalue weighted by Gasteiger charge is -2.13. The van der Waals surface area contributed by atoms with Crippen molar-refractivity contribution in [2.75, 3.05) is 7.11 Å². The Morgan fingerprint density at radius 1 is 1.15 bits per heavy atom.